The number of carbonyl (C=O) groups excluding carboxylic acids is 1. The van der Waals surface area contributed by atoms with Gasteiger partial charge in [-0.2, -0.15) is 0 Å². The van der Waals surface area contributed by atoms with Crippen LogP contribution >= 0.6 is 11.3 Å². The van der Waals surface area contributed by atoms with E-state index in [-0.39, 0.29) is 11.9 Å². The van der Waals surface area contributed by atoms with Crippen molar-refractivity contribution in [1.29, 1.82) is 0 Å². The first-order valence-electron chi connectivity index (χ1n) is 4.46. The predicted molar refractivity (Wildman–Crippen MR) is 56.9 cm³/mol. The van der Waals surface area contributed by atoms with Crippen LogP contribution in [-0.4, -0.2) is 28.9 Å². The van der Waals surface area contributed by atoms with Gasteiger partial charge in [-0.05, 0) is 6.92 Å². The highest BCUT2D eigenvalue weighted by Crippen LogP contribution is 2.05. The van der Waals surface area contributed by atoms with Crippen LogP contribution < -0.4 is 5.73 Å². The second kappa shape index (κ2) is 5.07. The zero-order chi connectivity index (χ0) is 10.6. The van der Waals surface area contributed by atoms with Gasteiger partial charge in [0.1, 0.15) is 0 Å². The monoisotopic (exact) mass is 213 g/mol. The number of hydrogen-bond acceptors (Lipinski definition) is 4. The quantitative estimate of drug-likeness (QED) is 0.806. The number of aromatic nitrogens is 1. The van der Waals surface area contributed by atoms with Gasteiger partial charge in [-0.15, -0.1) is 11.3 Å². The first kappa shape index (κ1) is 11.1. The van der Waals surface area contributed by atoms with Crippen molar-refractivity contribution >= 4 is 17.2 Å². The Morgan fingerprint density at radius 3 is 3.00 bits per heavy atom. The van der Waals surface area contributed by atoms with E-state index >= 15 is 0 Å². The Labute approximate surface area is 87.7 Å². The van der Waals surface area contributed by atoms with E-state index in [0.717, 1.165) is 5.69 Å². The molecule has 0 spiro atoms. The Morgan fingerprint density at radius 1 is 1.79 bits per heavy atom. The van der Waals surface area contributed by atoms with Crippen LogP contribution in [-0.2, 0) is 11.3 Å². The van der Waals surface area contributed by atoms with Gasteiger partial charge in [-0.3, -0.25) is 4.79 Å². The molecule has 2 N–H and O–H groups in total. The van der Waals surface area contributed by atoms with E-state index < -0.39 is 0 Å². The third kappa shape index (κ3) is 3.43. The van der Waals surface area contributed by atoms with Gasteiger partial charge < -0.3 is 10.6 Å². The molecule has 14 heavy (non-hydrogen) atoms. The summed E-state index contributed by atoms with van der Waals surface area (Å²) in [5.74, 6) is 0.0630. The molecule has 0 aliphatic carbocycles. The molecule has 0 aliphatic rings. The third-order valence-electron chi connectivity index (χ3n) is 1.80. The molecule has 1 unspecified atom stereocenters. The summed E-state index contributed by atoms with van der Waals surface area (Å²) in [6.45, 7) is 2.39. The molecule has 0 fully saturated rings. The number of rotatable bonds is 4. The number of nitrogens with zero attached hydrogens (tertiary/aromatic N) is 2. The van der Waals surface area contributed by atoms with Crippen LogP contribution in [0.2, 0.25) is 0 Å². The van der Waals surface area contributed by atoms with Crippen molar-refractivity contribution in [3.05, 3.63) is 16.6 Å². The Bertz CT molecular complexity index is 284. The summed E-state index contributed by atoms with van der Waals surface area (Å²) in [5.41, 5.74) is 8.23. The maximum Gasteiger partial charge on any atom is 0.224 e. The van der Waals surface area contributed by atoms with Gasteiger partial charge in [0.15, 0.2) is 0 Å². The van der Waals surface area contributed by atoms with E-state index in [0.29, 0.717) is 13.0 Å². The van der Waals surface area contributed by atoms with Gasteiger partial charge in [-0.1, -0.05) is 0 Å². The topological polar surface area (TPSA) is 59.2 Å². The van der Waals surface area contributed by atoms with Crippen molar-refractivity contribution in [2.45, 2.75) is 25.9 Å². The van der Waals surface area contributed by atoms with Crippen molar-refractivity contribution in [1.82, 2.24) is 9.88 Å². The lowest BCUT2D eigenvalue weighted by molar-refractivity contribution is -0.130. The molecule has 1 aromatic heterocycles. The molecule has 0 saturated heterocycles. The zero-order valence-corrected chi connectivity index (χ0v) is 9.25. The highest BCUT2D eigenvalue weighted by atomic mass is 32.1. The third-order valence-corrected chi connectivity index (χ3v) is 2.44. The van der Waals surface area contributed by atoms with Crippen LogP contribution in [0.3, 0.4) is 0 Å². The van der Waals surface area contributed by atoms with Crippen molar-refractivity contribution < 1.29 is 4.79 Å². The average Bonchev–Trinajstić information content (AvgIpc) is 2.55. The molecule has 4 nitrogen and oxygen atoms in total. The van der Waals surface area contributed by atoms with E-state index in [1.54, 1.807) is 17.5 Å². The van der Waals surface area contributed by atoms with E-state index in [2.05, 4.69) is 4.98 Å². The van der Waals surface area contributed by atoms with Crippen molar-refractivity contribution in [3.8, 4) is 0 Å². The van der Waals surface area contributed by atoms with Gasteiger partial charge in [-0.25, -0.2) is 4.98 Å². The molecular formula is C9H15N3OS. The zero-order valence-electron chi connectivity index (χ0n) is 8.43. The van der Waals surface area contributed by atoms with Crippen molar-refractivity contribution in [2.24, 2.45) is 5.73 Å². The molecular weight excluding hydrogens is 198 g/mol. The number of hydrogen-bond donors (Lipinski definition) is 1. The van der Waals surface area contributed by atoms with Gasteiger partial charge in [0.25, 0.3) is 0 Å². The van der Waals surface area contributed by atoms with Gasteiger partial charge >= 0.3 is 0 Å². The van der Waals surface area contributed by atoms with E-state index in [9.17, 15) is 4.79 Å². The van der Waals surface area contributed by atoms with Gasteiger partial charge in [0.2, 0.25) is 5.91 Å². The molecule has 1 aromatic rings. The standard InChI is InChI=1S/C9H15N3OS/c1-7(10)3-9(13)12(2)4-8-5-14-6-11-8/h5-7H,3-4,10H2,1-2H3. The number of amides is 1. The minimum absolute atomic E-state index is 0.0630. The lowest BCUT2D eigenvalue weighted by Crippen LogP contribution is -2.31. The number of carbonyl (C=O) groups is 1. The summed E-state index contributed by atoms with van der Waals surface area (Å²) in [6.07, 6.45) is 0.390. The van der Waals surface area contributed by atoms with E-state index in [4.69, 9.17) is 5.73 Å². The molecule has 1 amide bonds. The number of thiazole rings is 1. The Kier molecular flexibility index (Phi) is 4.03. The van der Waals surface area contributed by atoms with E-state index in [1.165, 1.54) is 11.3 Å². The second-order valence-electron chi connectivity index (χ2n) is 3.41. The highest BCUT2D eigenvalue weighted by molar-refractivity contribution is 7.07. The smallest absolute Gasteiger partial charge is 0.224 e. The molecule has 1 rings (SSSR count). The molecule has 0 radical (unpaired) electrons. The summed E-state index contributed by atoms with van der Waals surface area (Å²) in [6, 6.07) is -0.0830. The fraction of sp³-hybridized carbons (Fsp3) is 0.556. The Hall–Kier alpha value is -0.940. The largest absolute Gasteiger partial charge is 0.340 e. The molecule has 1 atom stereocenters. The van der Waals surface area contributed by atoms with E-state index in [1.807, 2.05) is 12.3 Å². The molecule has 0 bridgehead atoms. The molecule has 0 saturated carbocycles. The Balaban J connectivity index is 2.42. The lowest BCUT2D eigenvalue weighted by atomic mass is 10.2. The SMILES string of the molecule is CC(N)CC(=O)N(C)Cc1cscn1. The summed E-state index contributed by atoms with van der Waals surface area (Å²) in [7, 11) is 1.77. The molecule has 1 heterocycles. The minimum Gasteiger partial charge on any atom is -0.340 e. The first-order chi connectivity index (χ1) is 6.59. The summed E-state index contributed by atoms with van der Waals surface area (Å²) in [4.78, 5) is 17.3. The maximum absolute atomic E-state index is 11.5. The second-order valence-corrected chi connectivity index (χ2v) is 4.13. The normalized spacial score (nSPS) is 12.5. The summed E-state index contributed by atoms with van der Waals surface area (Å²) < 4.78 is 0. The Morgan fingerprint density at radius 2 is 2.50 bits per heavy atom. The van der Waals surface area contributed by atoms with Crippen LogP contribution in [0.25, 0.3) is 0 Å². The molecule has 0 aromatic carbocycles. The fourth-order valence-electron chi connectivity index (χ4n) is 1.08. The van der Waals surface area contributed by atoms with Crippen LogP contribution in [0.15, 0.2) is 10.9 Å². The number of nitrogens with two attached hydrogens (primary N) is 1. The van der Waals surface area contributed by atoms with Crippen molar-refractivity contribution in [2.75, 3.05) is 7.05 Å². The minimum atomic E-state index is -0.0830. The molecule has 5 heteroatoms. The lowest BCUT2D eigenvalue weighted by Gasteiger charge is -2.16. The maximum atomic E-state index is 11.5. The average molecular weight is 213 g/mol. The summed E-state index contributed by atoms with van der Waals surface area (Å²) >= 11 is 1.53. The highest BCUT2D eigenvalue weighted by Gasteiger charge is 2.11. The first-order valence-corrected chi connectivity index (χ1v) is 5.40. The van der Waals surface area contributed by atoms with Gasteiger partial charge in [0.05, 0.1) is 17.7 Å². The van der Waals surface area contributed by atoms with Gasteiger partial charge in [0, 0.05) is 24.9 Å². The van der Waals surface area contributed by atoms with Crippen molar-refractivity contribution in [3.63, 3.8) is 0 Å². The van der Waals surface area contributed by atoms with Crippen LogP contribution in [0.1, 0.15) is 19.0 Å². The fourth-order valence-corrected chi connectivity index (χ4v) is 1.63. The summed E-state index contributed by atoms with van der Waals surface area (Å²) in [5, 5.41) is 1.94. The predicted octanol–water partition coefficient (Wildman–Crippen LogP) is 0.839. The van der Waals surface area contributed by atoms with Crippen LogP contribution in [0.4, 0.5) is 0 Å². The van der Waals surface area contributed by atoms with Crippen LogP contribution in [0, 0.1) is 0 Å². The molecule has 78 valence electrons. The molecule has 0 aliphatic heterocycles. The van der Waals surface area contributed by atoms with Crippen LogP contribution in [0.5, 0.6) is 0 Å².